The highest BCUT2D eigenvalue weighted by atomic mass is 15.1. The van der Waals surface area contributed by atoms with Crippen LogP contribution in [0.1, 0.15) is 0 Å². The van der Waals surface area contributed by atoms with Crippen LogP contribution in [0.3, 0.4) is 0 Å². The maximum absolute atomic E-state index is 5.27. The van der Waals surface area contributed by atoms with Gasteiger partial charge in [0.15, 0.2) is 17.5 Å². The summed E-state index contributed by atoms with van der Waals surface area (Å²) < 4.78 is 0. The molecule has 0 spiro atoms. The maximum atomic E-state index is 5.27. The molecule has 0 unspecified atom stereocenters. The summed E-state index contributed by atoms with van der Waals surface area (Å²) in [6, 6.07) is 65.2. The van der Waals surface area contributed by atoms with Crippen LogP contribution >= 0.6 is 0 Å². The number of benzene rings is 7. The number of fused-ring (bicyclic) bond motifs is 4. The van der Waals surface area contributed by atoms with Crippen molar-refractivity contribution < 1.29 is 0 Å². The third-order valence-electron chi connectivity index (χ3n) is 11.9. The maximum Gasteiger partial charge on any atom is 0.183 e. The first-order chi connectivity index (χ1) is 31.7. The van der Waals surface area contributed by atoms with Gasteiger partial charge in [0.25, 0.3) is 0 Å². The highest BCUT2D eigenvalue weighted by Crippen LogP contribution is 2.38. The lowest BCUT2D eigenvalue weighted by molar-refractivity contribution is 1.05. The predicted octanol–water partition coefficient (Wildman–Crippen LogP) is 13.7. The first-order valence-corrected chi connectivity index (χ1v) is 21.2. The van der Waals surface area contributed by atoms with Crippen molar-refractivity contribution in [2.45, 2.75) is 0 Å². The van der Waals surface area contributed by atoms with Gasteiger partial charge in [0.05, 0.1) is 11.0 Å². The van der Waals surface area contributed by atoms with E-state index in [9.17, 15) is 0 Å². The summed E-state index contributed by atoms with van der Waals surface area (Å²) in [6.07, 6.45) is 7.39. The van der Waals surface area contributed by atoms with Crippen LogP contribution in [0.5, 0.6) is 0 Å². The van der Waals surface area contributed by atoms with E-state index in [1.807, 2.05) is 73.3 Å². The molecule has 0 aliphatic heterocycles. The Kier molecular flexibility index (Phi) is 9.01. The highest BCUT2D eigenvalue weighted by molar-refractivity contribution is 5.98. The Hall–Kier alpha value is -8.81. The normalized spacial score (nSPS) is 11.4. The van der Waals surface area contributed by atoms with Gasteiger partial charge >= 0.3 is 0 Å². The Morgan fingerprint density at radius 2 is 0.641 bits per heavy atom. The van der Waals surface area contributed by atoms with Crippen LogP contribution < -0.4 is 0 Å². The monoisotopic (exact) mass is 817 g/mol. The fraction of sp³-hybridized carbons (Fsp3) is 0. The molecule has 12 aromatic rings. The zero-order chi connectivity index (χ0) is 42.4. The molecule has 0 bridgehead atoms. The molecule has 7 aromatic carbocycles. The molecule has 7 heteroatoms. The quantitative estimate of drug-likeness (QED) is 0.158. The minimum absolute atomic E-state index is 0.469. The molecular weight excluding hydrogens is 783 g/mol. The van der Waals surface area contributed by atoms with E-state index in [0.717, 1.165) is 93.4 Å². The molecule has 0 radical (unpaired) electrons. The molecule has 7 nitrogen and oxygen atoms in total. The molecule has 0 saturated heterocycles. The van der Waals surface area contributed by atoms with E-state index in [2.05, 4.69) is 149 Å². The molecule has 0 fully saturated rings. The molecule has 0 amide bonds. The summed E-state index contributed by atoms with van der Waals surface area (Å²) in [4.78, 5) is 34.7. The van der Waals surface area contributed by atoms with Crippen LogP contribution in [0.15, 0.2) is 213 Å². The second kappa shape index (κ2) is 15.6. The fourth-order valence-corrected chi connectivity index (χ4v) is 8.83. The lowest BCUT2D eigenvalue weighted by Gasteiger charge is -2.14. The van der Waals surface area contributed by atoms with Gasteiger partial charge in [-0.1, -0.05) is 121 Å². The van der Waals surface area contributed by atoms with E-state index in [1.165, 1.54) is 0 Å². The van der Waals surface area contributed by atoms with Crippen LogP contribution in [0, 0.1) is 0 Å². The van der Waals surface area contributed by atoms with E-state index in [4.69, 9.17) is 24.9 Å². The van der Waals surface area contributed by atoms with Gasteiger partial charge < -0.3 is 0 Å². The predicted molar refractivity (Wildman–Crippen MR) is 259 cm³/mol. The van der Waals surface area contributed by atoms with Crippen LogP contribution in [-0.4, -0.2) is 34.9 Å². The number of pyridine rings is 4. The Morgan fingerprint density at radius 1 is 0.250 bits per heavy atom. The number of hydrogen-bond donors (Lipinski definition) is 0. The Balaban J connectivity index is 1.09. The molecule has 5 heterocycles. The van der Waals surface area contributed by atoms with E-state index >= 15 is 0 Å². The number of para-hydroxylation sites is 2. The second-order valence-electron chi connectivity index (χ2n) is 15.8. The third kappa shape index (κ3) is 6.69. The summed E-state index contributed by atoms with van der Waals surface area (Å²) in [6.45, 7) is 0. The lowest BCUT2D eigenvalue weighted by Crippen LogP contribution is -2.03. The van der Waals surface area contributed by atoms with Crippen molar-refractivity contribution in [1.29, 1.82) is 0 Å². The van der Waals surface area contributed by atoms with E-state index in [-0.39, 0.29) is 0 Å². The molecule has 0 N–H and O–H groups in total. The topological polar surface area (TPSA) is 90.2 Å². The van der Waals surface area contributed by atoms with Gasteiger partial charge in [-0.15, -0.1) is 0 Å². The Labute approximate surface area is 368 Å². The van der Waals surface area contributed by atoms with Crippen LogP contribution in [0.25, 0.3) is 122 Å². The average Bonchev–Trinajstić information content (AvgIpc) is 3.37. The lowest BCUT2D eigenvalue weighted by atomic mass is 9.92. The highest BCUT2D eigenvalue weighted by Gasteiger charge is 2.19. The van der Waals surface area contributed by atoms with Crippen molar-refractivity contribution in [3.63, 3.8) is 0 Å². The van der Waals surface area contributed by atoms with Gasteiger partial charge in [-0.05, 0) is 122 Å². The average molecular weight is 818 g/mol. The van der Waals surface area contributed by atoms with Crippen LogP contribution in [-0.2, 0) is 0 Å². The second-order valence-corrected chi connectivity index (χ2v) is 15.8. The van der Waals surface area contributed by atoms with Crippen molar-refractivity contribution in [3.05, 3.63) is 213 Å². The molecule has 0 aliphatic rings. The number of hydrogen-bond acceptors (Lipinski definition) is 7. The standard InChI is InChI=1S/C57H35N7/c1-3-17-47-36(11-1)23-27-60-53(47)56-62-55(63-57(64-56)54-48-18-4-2-12-37(48)24-28-61-54)44-34-42(38-13-9-15-40(31-38)45-25-29-58-51-21-7-5-19-49(45)51)33-43(35-44)39-14-10-16-41(32-39)46-26-30-59-52-22-8-6-20-50(46)52/h1-35H. The summed E-state index contributed by atoms with van der Waals surface area (Å²) in [5, 5.41) is 6.21. The number of rotatable bonds is 7. The van der Waals surface area contributed by atoms with Gasteiger partial charge in [0, 0.05) is 51.9 Å². The van der Waals surface area contributed by atoms with E-state index in [0.29, 0.717) is 28.9 Å². The molecular formula is C57H35N7. The van der Waals surface area contributed by atoms with Gasteiger partial charge in [-0.25, -0.2) is 15.0 Å². The summed E-state index contributed by atoms with van der Waals surface area (Å²) in [5.74, 6) is 1.45. The summed E-state index contributed by atoms with van der Waals surface area (Å²) in [5.41, 5.74) is 12.7. The van der Waals surface area contributed by atoms with E-state index < -0.39 is 0 Å². The van der Waals surface area contributed by atoms with Crippen molar-refractivity contribution in [1.82, 2.24) is 34.9 Å². The third-order valence-corrected chi connectivity index (χ3v) is 11.9. The molecule has 12 rings (SSSR count). The molecule has 0 atom stereocenters. The Morgan fingerprint density at radius 3 is 1.16 bits per heavy atom. The first-order valence-electron chi connectivity index (χ1n) is 21.2. The molecule has 0 saturated carbocycles. The molecule has 0 aliphatic carbocycles. The van der Waals surface area contributed by atoms with Crippen LogP contribution in [0.2, 0.25) is 0 Å². The zero-order valence-corrected chi connectivity index (χ0v) is 34.3. The van der Waals surface area contributed by atoms with E-state index in [1.54, 1.807) is 0 Å². The van der Waals surface area contributed by atoms with Gasteiger partial charge in [0.2, 0.25) is 0 Å². The Bertz CT molecular complexity index is 3510. The minimum Gasteiger partial charge on any atom is -0.256 e. The van der Waals surface area contributed by atoms with Crippen molar-refractivity contribution in [2.24, 2.45) is 0 Å². The number of nitrogens with zero attached hydrogens (tertiary/aromatic N) is 7. The first kappa shape index (κ1) is 37.0. The van der Waals surface area contributed by atoms with Gasteiger partial charge in [-0.2, -0.15) is 0 Å². The molecule has 5 aromatic heterocycles. The summed E-state index contributed by atoms with van der Waals surface area (Å²) >= 11 is 0. The van der Waals surface area contributed by atoms with Gasteiger partial charge in [-0.3, -0.25) is 19.9 Å². The fourth-order valence-electron chi connectivity index (χ4n) is 8.83. The minimum atomic E-state index is 0.469. The number of aromatic nitrogens is 7. The van der Waals surface area contributed by atoms with Crippen molar-refractivity contribution >= 4 is 43.4 Å². The SMILES string of the molecule is c1cc(-c2cc(-c3cccc(-c4ccnc5ccccc45)c3)cc(-c3nc(-c4nccc5ccccc45)nc(-c4nccc5ccccc45)n3)c2)cc(-c2ccnc3ccccc23)c1. The van der Waals surface area contributed by atoms with Crippen molar-refractivity contribution in [3.8, 4) is 78.9 Å². The summed E-state index contributed by atoms with van der Waals surface area (Å²) in [7, 11) is 0. The molecule has 64 heavy (non-hydrogen) atoms. The largest absolute Gasteiger partial charge is 0.256 e. The molecule has 298 valence electrons. The zero-order valence-electron chi connectivity index (χ0n) is 34.3. The van der Waals surface area contributed by atoms with Gasteiger partial charge in [0.1, 0.15) is 11.4 Å². The van der Waals surface area contributed by atoms with Crippen LogP contribution in [0.4, 0.5) is 0 Å². The van der Waals surface area contributed by atoms with Crippen molar-refractivity contribution in [2.75, 3.05) is 0 Å². The smallest absolute Gasteiger partial charge is 0.183 e.